The minimum absolute atomic E-state index is 0.391. The van der Waals surface area contributed by atoms with Gasteiger partial charge in [-0.1, -0.05) is 6.07 Å². The van der Waals surface area contributed by atoms with E-state index in [1.165, 1.54) is 12.8 Å². The molecule has 1 aliphatic rings. The highest BCUT2D eigenvalue weighted by Crippen LogP contribution is 2.28. The molecule has 1 aromatic heterocycles. The van der Waals surface area contributed by atoms with E-state index in [2.05, 4.69) is 23.3 Å². The Bertz CT molecular complexity index is 254. The molecule has 0 bridgehead atoms. The second-order valence-corrected chi connectivity index (χ2v) is 3.83. The van der Waals surface area contributed by atoms with Gasteiger partial charge in [0.25, 0.3) is 0 Å². The van der Waals surface area contributed by atoms with E-state index in [0.717, 1.165) is 18.2 Å². The van der Waals surface area contributed by atoms with Crippen LogP contribution in [0.15, 0.2) is 24.4 Å². The zero-order valence-electron chi connectivity index (χ0n) is 8.03. The predicted octanol–water partition coefficient (Wildman–Crippen LogP) is 2.14. The second kappa shape index (κ2) is 3.88. The second-order valence-electron chi connectivity index (χ2n) is 3.83. The van der Waals surface area contributed by atoms with Gasteiger partial charge in [0.15, 0.2) is 0 Å². The Morgan fingerprint density at radius 1 is 1.54 bits per heavy atom. The number of hydrogen-bond acceptors (Lipinski definition) is 2. The maximum Gasteiger partial charge on any atom is 0.0570 e. The van der Waals surface area contributed by atoms with Crippen molar-refractivity contribution in [2.24, 2.45) is 5.92 Å². The van der Waals surface area contributed by atoms with Crippen LogP contribution in [0, 0.1) is 5.92 Å². The van der Waals surface area contributed by atoms with E-state index in [4.69, 9.17) is 0 Å². The van der Waals surface area contributed by atoms with Crippen molar-refractivity contribution >= 4 is 0 Å². The minimum Gasteiger partial charge on any atom is -0.309 e. The molecule has 70 valence electrons. The largest absolute Gasteiger partial charge is 0.309 e. The molecule has 2 heteroatoms. The third kappa shape index (κ3) is 2.52. The zero-order valence-corrected chi connectivity index (χ0v) is 8.03. The molecule has 1 atom stereocenters. The van der Waals surface area contributed by atoms with Gasteiger partial charge < -0.3 is 5.32 Å². The van der Waals surface area contributed by atoms with Crippen molar-refractivity contribution in [2.75, 3.05) is 6.54 Å². The van der Waals surface area contributed by atoms with Crippen LogP contribution in [0.25, 0.3) is 0 Å². The SMILES string of the molecule is C[C@@H](NCC1CC1)c1ccccn1. The first-order chi connectivity index (χ1) is 6.36. The Kier molecular flexibility index (Phi) is 2.60. The van der Waals surface area contributed by atoms with Crippen molar-refractivity contribution in [1.82, 2.24) is 10.3 Å². The lowest BCUT2D eigenvalue weighted by molar-refractivity contribution is 0.538. The molecule has 0 amide bonds. The van der Waals surface area contributed by atoms with E-state index in [0.29, 0.717) is 6.04 Å². The van der Waals surface area contributed by atoms with Crippen molar-refractivity contribution in [3.63, 3.8) is 0 Å². The molecule has 13 heavy (non-hydrogen) atoms. The summed E-state index contributed by atoms with van der Waals surface area (Å²) < 4.78 is 0. The summed E-state index contributed by atoms with van der Waals surface area (Å²) in [6, 6.07) is 6.46. The monoisotopic (exact) mass is 176 g/mol. The van der Waals surface area contributed by atoms with Crippen molar-refractivity contribution in [2.45, 2.75) is 25.8 Å². The summed E-state index contributed by atoms with van der Waals surface area (Å²) in [5.41, 5.74) is 1.14. The maximum absolute atomic E-state index is 4.31. The van der Waals surface area contributed by atoms with Crippen LogP contribution in [0.5, 0.6) is 0 Å². The molecular formula is C11H16N2. The minimum atomic E-state index is 0.391. The highest BCUT2D eigenvalue weighted by atomic mass is 14.9. The Balaban J connectivity index is 1.85. The summed E-state index contributed by atoms with van der Waals surface area (Å²) in [5.74, 6) is 0.936. The van der Waals surface area contributed by atoms with Gasteiger partial charge in [-0.05, 0) is 44.4 Å². The topological polar surface area (TPSA) is 24.9 Å². The van der Waals surface area contributed by atoms with Gasteiger partial charge in [-0.3, -0.25) is 4.98 Å². The Morgan fingerprint density at radius 2 is 2.38 bits per heavy atom. The third-order valence-corrected chi connectivity index (χ3v) is 2.54. The summed E-state index contributed by atoms with van der Waals surface area (Å²) in [4.78, 5) is 4.31. The fourth-order valence-electron chi connectivity index (χ4n) is 1.40. The summed E-state index contributed by atoms with van der Waals surface area (Å²) in [6.45, 7) is 3.32. The van der Waals surface area contributed by atoms with Gasteiger partial charge in [0.05, 0.1) is 5.69 Å². The molecule has 1 aliphatic carbocycles. The van der Waals surface area contributed by atoms with Gasteiger partial charge in [-0.2, -0.15) is 0 Å². The molecule has 0 aromatic carbocycles. The first-order valence-corrected chi connectivity index (χ1v) is 5.00. The summed E-state index contributed by atoms with van der Waals surface area (Å²) in [5, 5.41) is 3.50. The Labute approximate surface area is 79.4 Å². The van der Waals surface area contributed by atoms with Gasteiger partial charge in [-0.15, -0.1) is 0 Å². The number of nitrogens with one attached hydrogen (secondary N) is 1. The number of pyridine rings is 1. The molecule has 0 saturated heterocycles. The predicted molar refractivity (Wildman–Crippen MR) is 53.4 cm³/mol. The Morgan fingerprint density at radius 3 is 3.00 bits per heavy atom. The third-order valence-electron chi connectivity index (χ3n) is 2.54. The van der Waals surface area contributed by atoms with Crippen molar-refractivity contribution in [1.29, 1.82) is 0 Å². The van der Waals surface area contributed by atoms with Gasteiger partial charge in [0.1, 0.15) is 0 Å². The summed E-state index contributed by atoms with van der Waals surface area (Å²) in [7, 11) is 0. The molecule has 0 aliphatic heterocycles. The van der Waals surface area contributed by atoms with Crippen molar-refractivity contribution < 1.29 is 0 Å². The number of rotatable bonds is 4. The Hall–Kier alpha value is -0.890. The van der Waals surface area contributed by atoms with Gasteiger partial charge in [0.2, 0.25) is 0 Å². The molecule has 1 saturated carbocycles. The van der Waals surface area contributed by atoms with Crippen molar-refractivity contribution in [3.8, 4) is 0 Å². The smallest absolute Gasteiger partial charge is 0.0570 e. The normalized spacial score (nSPS) is 18.5. The van der Waals surface area contributed by atoms with Crippen LogP contribution in [0.2, 0.25) is 0 Å². The molecule has 2 rings (SSSR count). The number of hydrogen-bond donors (Lipinski definition) is 1. The van der Waals surface area contributed by atoms with Crippen LogP contribution < -0.4 is 5.32 Å². The van der Waals surface area contributed by atoms with Crippen LogP contribution in [0.4, 0.5) is 0 Å². The highest BCUT2D eigenvalue weighted by molar-refractivity contribution is 5.07. The molecule has 1 heterocycles. The van der Waals surface area contributed by atoms with Crippen LogP contribution in [0.3, 0.4) is 0 Å². The van der Waals surface area contributed by atoms with Crippen molar-refractivity contribution in [3.05, 3.63) is 30.1 Å². The van der Waals surface area contributed by atoms with E-state index in [1.807, 2.05) is 18.3 Å². The van der Waals surface area contributed by atoms with Crippen LogP contribution >= 0.6 is 0 Å². The van der Waals surface area contributed by atoms with E-state index >= 15 is 0 Å². The number of aromatic nitrogens is 1. The van der Waals surface area contributed by atoms with Gasteiger partial charge in [-0.25, -0.2) is 0 Å². The molecule has 0 spiro atoms. The van der Waals surface area contributed by atoms with Gasteiger partial charge >= 0.3 is 0 Å². The van der Waals surface area contributed by atoms with E-state index < -0.39 is 0 Å². The van der Waals surface area contributed by atoms with Crippen LogP contribution in [0.1, 0.15) is 31.5 Å². The van der Waals surface area contributed by atoms with Crippen LogP contribution in [-0.4, -0.2) is 11.5 Å². The lowest BCUT2D eigenvalue weighted by atomic mass is 10.2. The lowest BCUT2D eigenvalue weighted by Crippen LogP contribution is -2.21. The standard InChI is InChI=1S/C11H16N2/c1-9(13-8-10-5-6-10)11-4-2-3-7-12-11/h2-4,7,9-10,13H,5-6,8H2,1H3/t9-/m1/s1. The molecular weight excluding hydrogens is 160 g/mol. The molecule has 2 nitrogen and oxygen atoms in total. The van der Waals surface area contributed by atoms with E-state index in [9.17, 15) is 0 Å². The lowest BCUT2D eigenvalue weighted by Gasteiger charge is -2.12. The molecule has 1 fully saturated rings. The highest BCUT2D eigenvalue weighted by Gasteiger charge is 2.21. The first-order valence-electron chi connectivity index (χ1n) is 5.00. The fraction of sp³-hybridized carbons (Fsp3) is 0.545. The summed E-state index contributed by atoms with van der Waals surface area (Å²) in [6.07, 6.45) is 4.66. The zero-order chi connectivity index (χ0) is 9.10. The molecule has 1 N–H and O–H groups in total. The average Bonchev–Trinajstić information content (AvgIpc) is 2.99. The number of nitrogens with zero attached hydrogens (tertiary/aromatic N) is 1. The van der Waals surface area contributed by atoms with Crippen LogP contribution in [-0.2, 0) is 0 Å². The molecule has 1 aromatic rings. The maximum atomic E-state index is 4.31. The summed E-state index contributed by atoms with van der Waals surface area (Å²) >= 11 is 0. The quantitative estimate of drug-likeness (QED) is 0.760. The molecule has 0 radical (unpaired) electrons. The molecule has 0 unspecified atom stereocenters. The average molecular weight is 176 g/mol. The van der Waals surface area contributed by atoms with Gasteiger partial charge in [0, 0.05) is 12.2 Å². The van der Waals surface area contributed by atoms with E-state index in [-0.39, 0.29) is 0 Å². The van der Waals surface area contributed by atoms with E-state index in [1.54, 1.807) is 0 Å². The fourth-order valence-corrected chi connectivity index (χ4v) is 1.40. The first kappa shape index (κ1) is 8.70.